The van der Waals surface area contributed by atoms with Crippen LogP contribution in [0.2, 0.25) is 0 Å². The van der Waals surface area contributed by atoms with E-state index in [4.69, 9.17) is 14.5 Å². The summed E-state index contributed by atoms with van der Waals surface area (Å²) >= 11 is 0. The summed E-state index contributed by atoms with van der Waals surface area (Å²) in [6.45, 7) is 10.8. The smallest absolute Gasteiger partial charge is 0.191 e. The van der Waals surface area contributed by atoms with E-state index in [9.17, 15) is 0 Å². The fraction of sp³-hybridized carbons (Fsp3) is 0.667. The monoisotopic (exact) mass is 504 g/mol. The largest absolute Gasteiger partial charge is 0.493 e. The lowest BCUT2D eigenvalue weighted by Crippen LogP contribution is -2.42. The zero-order valence-electron chi connectivity index (χ0n) is 17.6. The molecule has 1 aromatic carbocycles. The predicted octanol–water partition coefficient (Wildman–Crippen LogP) is 3.64. The first-order valence-electron chi connectivity index (χ1n) is 10.3. The van der Waals surface area contributed by atoms with E-state index < -0.39 is 0 Å². The molecule has 28 heavy (non-hydrogen) atoms. The van der Waals surface area contributed by atoms with Gasteiger partial charge in [-0.15, -0.1) is 24.0 Å². The summed E-state index contributed by atoms with van der Waals surface area (Å²) in [5, 5.41) is 6.77. The summed E-state index contributed by atoms with van der Waals surface area (Å²) < 4.78 is 11.2. The Morgan fingerprint density at radius 3 is 2.57 bits per heavy atom. The molecule has 0 aliphatic carbocycles. The molecule has 1 fully saturated rings. The number of hydrogen-bond donors (Lipinski definition) is 2. The van der Waals surface area contributed by atoms with Gasteiger partial charge in [-0.05, 0) is 57.0 Å². The zero-order chi connectivity index (χ0) is 19.3. The summed E-state index contributed by atoms with van der Waals surface area (Å²) in [6.07, 6.45) is 5.01. The normalized spacial score (nSPS) is 14.9. The third-order valence-electron chi connectivity index (χ3n) is 4.62. The maximum atomic E-state index is 5.72. The Labute approximate surface area is 187 Å². The van der Waals surface area contributed by atoms with Crippen LogP contribution in [0, 0.1) is 0 Å². The van der Waals surface area contributed by atoms with E-state index in [1.807, 2.05) is 18.2 Å². The van der Waals surface area contributed by atoms with Gasteiger partial charge in [-0.2, -0.15) is 0 Å². The molecule has 0 spiro atoms. The van der Waals surface area contributed by atoms with Gasteiger partial charge in [-0.3, -0.25) is 0 Å². The van der Waals surface area contributed by atoms with Gasteiger partial charge in [0.1, 0.15) is 0 Å². The first kappa shape index (κ1) is 24.8. The number of likely N-dealkylation sites (tertiary alicyclic amines) is 1. The van der Waals surface area contributed by atoms with Crippen LogP contribution in [-0.4, -0.2) is 57.3 Å². The molecular weight excluding hydrogens is 467 g/mol. The Kier molecular flexibility index (Phi) is 13.1. The van der Waals surface area contributed by atoms with E-state index in [0.29, 0.717) is 13.2 Å². The van der Waals surface area contributed by atoms with Crippen molar-refractivity contribution < 1.29 is 9.47 Å². The molecule has 0 aromatic heterocycles. The van der Waals surface area contributed by atoms with Gasteiger partial charge in [0, 0.05) is 19.6 Å². The molecule has 0 amide bonds. The summed E-state index contributed by atoms with van der Waals surface area (Å²) in [5.74, 6) is 2.41. The Balaban J connectivity index is 0.00000392. The van der Waals surface area contributed by atoms with Gasteiger partial charge in [0.2, 0.25) is 0 Å². The van der Waals surface area contributed by atoms with Gasteiger partial charge in [-0.1, -0.05) is 19.4 Å². The van der Waals surface area contributed by atoms with Crippen molar-refractivity contribution in [1.82, 2.24) is 15.5 Å². The summed E-state index contributed by atoms with van der Waals surface area (Å²) in [4.78, 5) is 7.24. The van der Waals surface area contributed by atoms with Crippen LogP contribution >= 0.6 is 24.0 Å². The van der Waals surface area contributed by atoms with Gasteiger partial charge in [0.25, 0.3) is 0 Å². The average Bonchev–Trinajstić information content (AvgIpc) is 2.71. The highest BCUT2D eigenvalue weighted by molar-refractivity contribution is 14.0. The van der Waals surface area contributed by atoms with Crippen molar-refractivity contribution in [3.05, 3.63) is 23.8 Å². The van der Waals surface area contributed by atoms with Gasteiger partial charge < -0.3 is 25.0 Å². The Morgan fingerprint density at radius 1 is 1.11 bits per heavy atom. The number of nitrogens with one attached hydrogen (secondary N) is 2. The fourth-order valence-electron chi connectivity index (χ4n) is 3.17. The Hall–Kier alpha value is -1.22. The predicted molar refractivity (Wildman–Crippen MR) is 127 cm³/mol. The number of methoxy groups -OCH3 is 1. The molecule has 1 heterocycles. The van der Waals surface area contributed by atoms with Crippen LogP contribution in [0.25, 0.3) is 0 Å². The van der Waals surface area contributed by atoms with Crippen molar-refractivity contribution in [3.8, 4) is 11.5 Å². The first-order valence-corrected chi connectivity index (χ1v) is 10.3. The number of benzene rings is 1. The highest BCUT2D eigenvalue weighted by Crippen LogP contribution is 2.28. The SMILES string of the molecule is CCCOc1ccc(CN=C(NCC)NCCN2CCCCC2)cc1OC.I. The molecule has 1 aromatic rings. The van der Waals surface area contributed by atoms with Crippen LogP contribution in [0.4, 0.5) is 0 Å². The van der Waals surface area contributed by atoms with Crippen LogP contribution in [0.3, 0.4) is 0 Å². The highest BCUT2D eigenvalue weighted by atomic mass is 127. The van der Waals surface area contributed by atoms with Crippen molar-refractivity contribution in [2.45, 2.75) is 46.1 Å². The molecule has 7 heteroatoms. The quantitative estimate of drug-likeness (QED) is 0.290. The number of aliphatic imine (C=N–C) groups is 1. The van der Waals surface area contributed by atoms with Crippen molar-refractivity contribution in [1.29, 1.82) is 0 Å². The number of guanidine groups is 1. The van der Waals surface area contributed by atoms with E-state index in [1.54, 1.807) is 7.11 Å². The third kappa shape index (κ3) is 8.86. The van der Waals surface area contributed by atoms with Crippen LogP contribution in [0.15, 0.2) is 23.2 Å². The van der Waals surface area contributed by atoms with Crippen molar-refractivity contribution in [2.75, 3.05) is 46.4 Å². The second kappa shape index (κ2) is 14.7. The van der Waals surface area contributed by atoms with Crippen LogP contribution in [-0.2, 0) is 6.54 Å². The maximum absolute atomic E-state index is 5.72. The van der Waals surface area contributed by atoms with Crippen LogP contribution in [0.1, 0.15) is 45.1 Å². The number of halogens is 1. The molecular formula is C21H37IN4O2. The number of ether oxygens (including phenoxy) is 2. The van der Waals surface area contributed by atoms with Gasteiger partial charge in [0.15, 0.2) is 17.5 Å². The van der Waals surface area contributed by atoms with Crippen LogP contribution in [0.5, 0.6) is 11.5 Å². The zero-order valence-corrected chi connectivity index (χ0v) is 20.0. The van der Waals surface area contributed by atoms with E-state index in [1.165, 1.54) is 32.4 Å². The van der Waals surface area contributed by atoms with Gasteiger partial charge in [-0.25, -0.2) is 4.99 Å². The fourth-order valence-corrected chi connectivity index (χ4v) is 3.17. The Morgan fingerprint density at radius 2 is 1.89 bits per heavy atom. The molecule has 2 N–H and O–H groups in total. The van der Waals surface area contributed by atoms with Crippen molar-refractivity contribution in [2.24, 2.45) is 4.99 Å². The minimum absolute atomic E-state index is 0. The highest BCUT2D eigenvalue weighted by Gasteiger charge is 2.09. The lowest BCUT2D eigenvalue weighted by molar-refractivity contribution is 0.232. The van der Waals surface area contributed by atoms with E-state index in [-0.39, 0.29) is 24.0 Å². The maximum Gasteiger partial charge on any atom is 0.191 e. The van der Waals surface area contributed by atoms with E-state index >= 15 is 0 Å². The molecule has 0 saturated carbocycles. The standard InChI is InChI=1S/C21H36N4O2.HI/c1-4-15-27-19-10-9-18(16-20(19)26-3)17-24-21(22-5-2)23-11-14-25-12-7-6-8-13-25;/h9-10,16H,4-8,11-15,17H2,1-3H3,(H2,22,23,24);1H. The molecule has 0 atom stereocenters. The first-order chi connectivity index (χ1) is 13.3. The number of nitrogens with zero attached hydrogens (tertiary/aromatic N) is 2. The third-order valence-corrected chi connectivity index (χ3v) is 4.62. The summed E-state index contributed by atoms with van der Waals surface area (Å²) in [5.41, 5.74) is 1.10. The lowest BCUT2D eigenvalue weighted by Gasteiger charge is -2.26. The van der Waals surface area contributed by atoms with E-state index in [2.05, 4.69) is 29.4 Å². The minimum atomic E-state index is 0. The second-order valence-electron chi connectivity index (χ2n) is 6.86. The minimum Gasteiger partial charge on any atom is -0.493 e. The topological polar surface area (TPSA) is 58.1 Å². The average molecular weight is 504 g/mol. The lowest BCUT2D eigenvalue weighted by atomic mass is 10.1. The van der Waals surface area contributed by atoms with Crippen LogP contribution < -0.4 is 20.1 Å². The molecule has 2 rings (SSSR count). The van der Waals surface area contributed by atoms with Crippen molar-refractivity contribution in [3.63, 3.8) is 0 Å². The van der Waals surface area contributed by atoms with Crippen molar-refractivity contribution >= 4 is 29.9 Å². The molecule has 1 aliphatic rings. The van der Waals surface area contributed by atoms with E-state index in [0.717, 1.165) is 49.1 Å². The Bertz CT molecular complexity index is 578. The molecule has 1 saturated heterocycles. The molecule has 1 aliphatic heterocycles. The number of rotatable bonds is 10. The number of hydrogen-bond acceptors (Lipinski definition) is 4. The van der Waals surface area contributed by atoms with Gasteiger partial charge in [0.05, 0.1) is 20.3 Å². The van der Waals surface area contributed by atoms with Gasteiger partial charge >= 0.3 is 0 Å². The second-order valence-corrected chi connectivity index (χ2v) is 6.86. The summed E-state index contributed by atoms with van der Waals surface area (Å²) in [6, 6.07) is 6.02. The molecule has 0 bridgehead atoms. The molecule has 0 radical (unpaired) electrons. The molecule has 0 unspecified atom stereocenters. The molecule has 6 nitrogen and oxygen atoms in total. The molecule has 160 valence electrons. The summed E-state index contributed by atoms with van der Waals surface area (Å²) in [7, 11) is 1.67. The number of piperidine rings is 1.